The lowest BCUT2D eigenvalue weighted by Gasteiger charge is -2.39. The van der Waals surface area contributed by atoms with Gasteiger partial charge in [0.2, 0.25) is 41.4 Å². The number of phenols is 1. The number of hydrogen-bond donors (Lipinski definition) is 7. The third kappa shape index (κ3) is 13.6. The van der Waals surface area contributed by atoms with Crippen molar-refractivity contribution < 1.29 is 43.8 Å². The van der Waals surface area contributed by atoms with E-state index >= 15 is 4.79 Å². The molecule has 0 unspecified atom stereocenters. The number of carbonyl (C=O) groups excluding carboxylic acids is 7. The molecule has 2 aromatic carbocycles. The smallest absolute Gasteiger partial charge is 0.250 e. The fourth-order valence-corrected chi connectivity index (χ4v) is 9.90. The second-order valence-electron chi connectivity index (χ2n) is 21.0. The fraction of sp³-hybridized carbons (Fsp3) is 0.537. The number of anilines is 1. The van der Waals surface area contributed by atoms with Crippen LogP contribution in [0, 0.1) is 11.8 Å². The van der Waals surface area contributed by atoms with E-state index in [1.54, 1.807) is 38.3 Å². The summed E-state index contributed by atoms with van der Waals surface area (Å²) in [5.41, 5.74) is 7.68. The highest BCUT2D eigenvalue weighted by Crippen LogP contribution is 2.32. The molecule has 398 valence electrons. The van der Waals surface area contributed by atoms with Gasteiger partial charge in [0.1, 0.15) is 48.0 Å². The normalized spacial score (nSPS) is 24.2. The molecule has 3 aromatic rings. The number of nitrogen functional groups attached to an aromatic ring is 1. The van der Waals surface area contributed by atoms with E-state index in [0.717, 1.165) is 10.9 Å². The molecule has 1 fully saturated rings. The predicted molar refractivity (Wildman–Crippen MR) is 282 cm³/mol. The van der Waals surface area contributed by atoms with Crippen LogP contribution in [0.3, 0.4) is 0 Å². The number of fused-ring (bicyclic) bond motifs is 3. The average molecular weight is 1030 g/mol. The van der Waals surface area contributed by atoms with E-state index in [2.05, 4.69) is 21.3 Å². The number of amides is 7. The van der Waals surface area contributed by atoms with Gasteiger partial charge in [-0.2, -0.15) is 0 Å². The maximum atomic E-state index is 15.4. The SMILES string of the molecule is C/C=C/C[C@@H]1NC(=O)[C@H](CC(C)C)N2C=C(C)C[C@@H](C2=O)N(C)C(=O)[C@H](C)NC(=O)[C@H](Cc2ccc(O)c(N)c2)NC(=O)[C@H](CC(C)C)N(C)C(=O)[C@H](Cc2cn(C(C)(C)[C@H](O)CCl)c3ccccc23)NC1=O. The van der Waals surface area contributed by atoms with E-state index < -0.39 is 95.3 Å². The Balaban J connectivity index is 1.71. The third-order valence-electron chi connectivity index (χ3n) is 13.9. The van der Waals surface area contributed by atoms with E-state index in [4.69, 9.17) is 17.3 Å². The minimum Gasteiger partial charge on any atom is -0.506 e. The molecular weight excluding hydrogens is 954 g/mol. The number of benzene rings is 2. The van der Waals surface area contributed by atoms with E-state index in [-0.39, 0.29) is 67.7 Å². The van der Waals surface area contributed by atoms with Gasteiger partial charge in [0, 0.05) is 50.2 Å². The van der Waals surface area contributed by atoms with E-state index in [9.17, 15) is 39.0 Å². The first kappa shape index (κ1) is 57.5. The lowest BCUT2D eigenvalue weighted by atomic mass is 9.95. The monoisotopic (exact) mass is 1030 g/mol. The molecule has 5 rings (SSSR count). The Morgan fingerprint density at radius 2 is 1.40 bits per heavy atom. The molecule has 3 heterocycles. The number of phenolic OH excluding ortho intramolecular Hbond substituents is 1. The number of aromatic hydroxyl groups is 1. The molecule has 7 amide bonds. The molecule has 0 radical (unpaired) electrons. The summed E-state index contributed by atoms with van der Waals surface area (Å²) < 4.78 is 1.88. The quantitative estimate of drug-likeness (QED) is 0.0556. The van der Waals surface area contributed by atoms with Crippen molar-refractivity contribution in [2.45, 2.75) is 155 Å². The zero-order chi connectivity index (χ0) is 54.2. The van der Waals surface area contributed by atoms with Gasteiger partial charge in [-0.25, -0.2) is 0 Å². The first-order valence-electron chi connectivity index (χ1n) is 25.1. The highest BCUT2D eigenvalue weighted by molar-refractivity contribution is 6.18. The summed E-state index contributed by atoms with van der Waals surface area (Å²) in [5.74, 6) is -5.14. The first-order valence-corrected chi connectivity index (χ1v) is 25.6. The number of aliphatic hydroxyl groups is 1. The van der Waals surface area contributed by atoms with Gasteiger partial charge in [0.25, 0.3) is 0 Å². The van der Waals surface area contributed by atoms with E-state index in [1.165, 1.54) is 47.9 Å². The second kappa shape index (κ2) is 24.5. The average Bonchev–Trinajstić information content (AvgIpc) is 3.72. The number of halogens is 1. The van der Waals surface area contributed by atoms with Crippen molar-refractivity contribution in [2.24, 2.45) is 11.8 Å². The molecule has 2 bridgehead atoms. The van der Waals surface area contributed by atoms with E-state index in [1.807, 2.05) is 76.6 Å². The van der Waals surface area contributed by atoms with Gasteiger partial charge in [0.05, 0.1) is 23.2 Å². The summed E-state index contributed by atoms with van der Waals surface area (Å²) in [6.45, 7) is 16.2. The van der Waals surface area contributed by atoms with Crippen LogP contribution in [0.1, 0.15) is 99.1 Å². The number of nitrogens with zero attached hydrogens (tertiary/aromatic N) is 4. The minimum atomic E-state index is -1.36. The molecule has 8 atom stereocenters. The summed E-state index contributed by atoms with van der Waals surface area (Å²) in [4.78, 5) is 107. The highest BCUT2D eigenvalue weighted by atomic mass is 35.5. The highest BCUT2D eigenvalue weighted by Gasteiger charge is 2.43. The molecule has 19 heteroatoms. The molecule has 1 saturated heterocycles. The Kier molecular flexibility index (Phi) is 19.3. The largest absolute Gasteiger partial charge is 0.506 e. The van der Waals surface area contributed by atoms with Crippen LogP contribution >= 0.6 is 11.6 Å². The molecule has 1 aromatic heterocycles. The number of likely N-dealkylation sites (N-methyl/N-ethyl adjacent to an activating group) is 2. The summed E-state index contributed by atoms with van der Waals surface area (Å²) in [6.07, 6.45) is 6.08. The van der Waals surface area contributed by atoms with Gasteiger partial charge < -0.3 is 56.5 Å². The van der Waals surface area contributed by atoms with Crippen LogP contribution in [0.4, 0.5) is 5.69 Å². The number of hydrogen-bond acceptors (Lipinski definition) is 10. The van der Waals surface area contributed by atoms with Crippen LogP contribution in [-0.4, -0.2) is 139 Å². The predicted octanol–water partition coefficient (Wildman–Crippen LogP) is 4.24. The molecule has 0 aliphatic carbocycles. The maximum Gasteiger partial charge on any atom is 0.250 e. The van der Waals surface area contributed by atoms with Gasteiger partial charge in [-0.05, 0) is 101 Å². The number of allylic oxidation sites excluding steroid dienone is 1. The van der Waals surface area contributed by atoms with Crippen LogP contribution in [0.2, 0.25) is 0 Å². The van der Waals surface area contributed by atoms with Crippen LogP contribution in [0.25, 0.3) is 10.9 Å². The molecule has 73 heavy (non-hydrogen) atoms. The van der Waals surface area contributed by atoms with Gasteiger partial charge in [0.15, 0.2) is 0 Å². The second-order valence-corrected chi connectivity index (χ2v) is 21.3. The molecule has 0 saturated carbocycles. The molecule has 8 N–H and O–H groups in total. The molecule has 18 nitrogen and oxygen atoms in total. The van der Waals surface area contributed by atoms with Crippen molar-refractivity contribution >= 4 is 69.5 Å². The van der Waals surface area contributed by atoms with Crippen LogP contribution in [0.15, 0.2) is 72.6 Å². The Morgan fingerprint density at radius 3 is 2.03 bits per heavy atom. The zero-order valence-corrected chi connectivity index (χ0v) is 44.8. The lowest BCUT2D eigenvalue weighted by molar-refractivity contribution is -0.149. The third-order valence-corrected chi connectivity index (χ3v) is 14.2. The number of para-hydroxylation sites is 1. The fourth-order valence-electron chi connectivity index (χ4n) is 9.53. The van der Waals surface area contributed by atoms with Gasteiger partial charge in [-0.15, -0.1) is 11.6 Å². The van der Waals surface area contributed by atoms with Gasteiger partial charge in [-0.1, -0.05) is 69.7 Å². The molecular formula is C54H76ClN9O9. The topological polar surface area (TPSA) is 249 Å². The van der Waals surface area contributed by atoms with Crippen LogP contribution in [-0.2, 0) is 51.9 Å². The number of aromatic nitrogens is 1. The van der Waals surface area contributed by atoms with E-state index in [0.29, 0.717) is 16.7 Å². The van der Waals surface area contributed by atoms with Crippen molar-refractivity contribution in [3.05, 3.63) is 83.7 Å². The number of nitrogens with one attached hydrogen (secondary N) is 4. The number of alkyl halides is 1. The van der Waals surface area contributed by atoms with Crippen molar-refractivity contribution in [1.29, 1.82) is 0 Å². The summed E-state index contributed by atoms with van der Waals surface area (Å²) in [5, 5.41) is 33.5. The Morgan fingerprint density at radius 1 is 0.795 bits per heavy atom. The first-order chi connectivity index (χ1) is 34.3. The summed E-state index contributed by atoms with van der Waals surface area (Å²) in [7, 11) is 2.91. The Labute approximate surface area is 434 Å². The lowest BCUT2D eigenvalue weighted by Crippen LogP contribution is -2.60. The number of carbonyl (C=O) groups is 7. The van der Waals surface area contributed by atoms with Crippen LogP contribution < -0.4 is 27.0 Å². The molecule has 0 spiro atoms. The maximum absolute atomic E-state index is 15.4. The number of nitrogens with two attached hydrogens (primary N) is 1. The van der Waals surface area contributed by atoms with Crippen molar-refractivity contribution in [3.8, 4) is 5.75 Å². The Bertz CT molecular complexity index is 2590. The number of rotatable bonds is 13. The van der Waals surface area contributed by atoms with Crippen molar-refractivity contribution in [1.82, 2.24) is 40.5 Å². The van der Waals surface area contributed by atoms with Crippen LogP contribution in [0.5, 0.6) is 5.75 Å². The Hall–Kier alpha value is -6.40. The van der Waals surface area contributed by atoms with Gasteiger partial charge in [-0.3, -0.25) is 33.6 Å². The summed E-state index contributed by atoms with van der Waals surface area (Å²) in [6, 6.07) is 3.22. The zero-order valence-electron chi connectivity index (χ0n) is 44.1. The van der Waals surface area contributed by atoms with Gasteiger partial charge >= 0.3 is 0 Å². The minimum absolute atomic E-state index is 0.0110. The summed E-state index contributed by atoms with van der Waals surface area (Å²) >= 11 is 6.20. The van der Waals surface area contributed by atoms with Crippen molar-refractivity contribution in [2.75, 3.05) is 25.7 Å². The molecule has 2 aliphatic rings. The standard InChI is InChI=1S/C54H76ClN9O9/c1-12-13-17-38-47(67)60-40(26-35-29-64(54(8,9)46(66)27-55)41-18-15-14-16-36(35)41)52(72)61(10)42(21-30(2)3)49(69)59-39(25-34-19-20-45(65)37(56)24-34)48(68)57-33(7)51(71)62(11)44-23-32(6)28-63(53(44)73)43(22-31(4)5)50(70)58-38/h12-16,18-20,24,28-31,33,38-40,42-44,46,65-66H,17,21-23,25-27,56H2,1-11H3,(H,57,68)(H,58,70)(H,59,69)(H,60,67)/b13-12+/t33-,38-,39-,40-,42-,43-,44-,46+/m0/s1. The number of aliphatic hydroxyl groups excluding tert-OH is 1. The molecule has 2 aliphatic heterocycles. The van der Waals surface area contributed by atoms with Crippen molar-refractivity contribution in [3.63, 3.8) is 0 Å².